The average molecular weight is 212 g/mol. The Labute approximate surface area is 90.5 Å². The van der Waals surface area contributed by atoms with Crippen LogP contribution in [0.5, 0.6) is 0 Å². The molecule has 3 atom stereocenters. The maximum Gasteiger partial charge on any atom is 0.0414 e. The summed E-state index contributed by atoms with van der Waals surface area (Å²) in [6.07, 6.45) is 1.11. The molecule has 0 aliphatic carbocycles. The molecule has 0 radical (unpaired) electrons. The van der Waals surface area contributed by atoms with Crippen LogP contribution in [0.4, 0.5) is 0 Å². The molecule has 0 bridgehead atoms. The van der Waals surface area contributed by atoms with Crippen molar-refractivity contribution in [3.05, 3.63) is 22.4 Å². The van der Waals surface area contributed by atoms with E-state index >= 15 is 0 Å². The van der Waals surface area contributed by atoms with Crippen LogP contribution < -0.4 is 11.1 Å². The second-order valence-corrected chi connectivity index (χ2v) is 4.77. The molecule has 0 aliphatic rings. The topological polar surface area (TPSA) is 38.0 Å². The molecular formula is C11H20N2S. The average Bonchev–Trinajstić information content (AvgIpc) is 2.66. The van der Waals surface area contributed by atoms with Gasteiger partial charge in [0.2, 0.25) is 0 Å². The van der Waals surface area contributed by atoms with Gasteiger partial charge in [-0.3, -0.25) is 0 Å². The van der Waals surface area contributed by atoms with Gasteiger partial charge in [-0.15, -0.1) is 11.3 Å². The minimum atomic E-state index is 0.198. The molecule has 14 heavy (non-hydrogen) atoms. The van der Waals surface area contributed by atoms with Crippen LogP contribution in [0.15, 0.2) is 17.5 Å². The van der Waals surface area contributed by atoms with E-state index < -0.39 is 0 Å². The molecule has 3 unspecified atom stereocenters. The first kappa shape index (κ1) is 11.7. The van der Waals surface area contributed by atoms with E-state index in [0.717, 1.165) is 6.42 Å². The number of hydrogen-bond donors (Lipinski definition) is 2. The van der Waals surface area contributed by atoms with Crippen LogP contribution >= 0.6 is 11.3 Å². The molecule has 0 spiro atoms. The van der Waals surface area contributed by atoms with Crippen molar-refractivity contribution >= 4 is 11.3 Å². The predicted molar refractivity (Wildman–Crippen MR) is 63.6 cm³/mol. The van der Waals surface area contributed by atoms with Gasteiger partial charge in [0.1, 0.15) is 0 Å². The van der Waals surface area contributed by atoms with Crippen molar-refractivity contribution in [2.45, 2.75) is 45.3 Å². The molecule has 3 N–H and O–H groups in total. The lowest BCUT2D eigenvalue weighted by molar-refractivity contribution is 0.409. The highest BCUT2D eigenvalue weighted by molar-refractivity contribution is 7.10. The molecule has 0 aliphatic heterocycles. The van der Waals surface area contributed by atoms with E-state index in [1.54, 1.807) is 11.3 Å². The predicted octanol–water partition coefficient (Wildman–Crippen LogP) is 2.52. The van der Waals surface area contributed by atoms with Crippen LogP contribution in [0.2, 0.25) is 0 Å². The fraction of sp³-hybridized carbons (Fsp3) is 0.636. The number of nitrogens with two attached hydrogens (primary N) is 1. The molecule has 0 saturated heterocycles. The highest BCUT2D eigenvalue weighted by Crippen LogP contribution is 2.22. The lowest BCUT2D eigenvalue weighted by Gasteiger charge is -2.23. The zero-order chi connectivity index (χ0) is 10.6. The Morgan fingerprint density at radius 1 is 1.50 bits per heavy atom. The van der Waals surface area contributed by atoms with E-state index in [-0.39, 0.29) is 6.04 Å². The van der Waals surface area contributed by atoms with Crippen molar-refractivity contribution in [2.75, 3.05) is 0 Å². The van der Waals surface area contributed by atoms with Gasteiger partial charge in [0.15, 0.2) is 0 Å². The number of nitrogens with one attached hydrogen (secondary N) is 1. The largest absolute Gasteiger partial charge is 0.327 e. The lowest BCUT2D eigenvalue weighted by Crippen LogP contribution is -2.42. The Hall–Kier alpha value is -0.380. The Morgan fingerprint density at radius 3 is 2.64 bits per heavy atom. The van der Waals surface area contributed by atoms with Crippen LogP contribution in [0, 0.1) is 0 Å². The van der Waals surface area contributed by atoms with E-state index in [1.807, 2.05) is 6.92 Å². The van der Waals surface area contributed by atoms with Crippen LogP contribution in [0.3, 0.4) is 0 Å². The van der Waals surface area contributed by atoms with Crippen molar-refractivity contribution in [3.8, 4) is 0 Å². The highest BCUT2D eigenvalue weighted by atomic mass is 32.1. The summed E-state index contributed by atoms with van der Waals surface area (Å²) in [5, 5.41) is 5.68. The lowest BCUT2D eigenvalue weighted by atomic mass is 10.1. The Bertz CT molecular complexity index is 244. The number of rotatable bonds is 5. The molecule has 2 nitrogen and oxygen atoms in total. The van der Waals surface area contributed by atoms with Crippen molar-refractivity contribution in [2.24, 2.45) is 5.73 Å². The van der Waals surface area contributed by atoms with Gasteiger partial charge in [0, 0.05) is 23.0 Å². The second-order valence-electron chi connectivity index (χ2n) is 3.79. The van der Waals surface area contributed by atoms with Gasteiger partial charge >= 0.3 is 0 Å². The second kappa shape index (κ2) is 5.49. The first-order chi connectivity index (χ1) is 6.65. The standard InChI is InChI=1S/C11H20N2S/c1-4-10(11-6-5-7-14-11)13-9(3)8(2)12/h5-10,13H,4,12H2,1-3H3. The Balaban J connectivity index is 2.56. The zero-order valence-corrected chi connectivity index (χ0v) is 9.97. The molecule has 0 aromatic carbocycles. The Morgan fingerprint density at radius 2 is 2.21 bits per heavy atom. The van der Waals surface area contributed by atoms with Crippen molar-refractivity contribution in [1.29, 1.82) is 0 Å². The zero-order valence-electron chi connectivity index (χ0n) is 9.16. The summed E-state index contributed by atoms with van der Waals surface area (Å²) in [6, 6.07) is 5.29. The van der Waals surface area contributed by atoms with Crippen molar-refractivity contribution < 1.29 is 0 Å². The molecule has 3 heteroatoms. The first-order valence-corrected chi connectivity index (χ1v) is 6.08. The third-order valence-corrected chi connectivity index (χ3v) is 3.53. The van der Waals surface area contributed by atoms with Crippen LogP contribution in [-0.4, -0.2) is 12.1 Å². The fourth-order valence-corrected chi connectivity index (χ4v) is 2.23. The molecule has 0 saturated carbocycles. The van der Waals surface area contributed by atoms with Crippen molar-refractivity contribution in [1.82, 2.24) is 5.32 Å². The highest BCUT2D eigenvalue weighted by Gasteiger charge is 2.15. The summed E-state index contributed by atoms with van der Waals surface area (Å²) in [4.78, 5) is 1.40. The molecule has 1 heterocycles. The van der Waals surface area contributed by atoms with E-state index in [9.17, 15) is 0 Å². The van der Waals surface area contributed by atoms with Gasteiger partial charge in [-0.05, 0) is 31.7 Å². The van der Waals surface area contributed by atoms with Crippen LogP contribution in [0.25, 0.3) is 0 Å². The van der Waals surface area contributed by atoms with Gasteiger partial charge < -0.3 is 11.1 Å². The van der Waals surface area contributed by atoms with Gasteiger partial charge in [0.05, 0.1) is 0 Å². The maximum absolute atomic E-state index is 5.83. The molecule has 0 fully saturated rings. The van der Waals surface area contributed by atoms with E-state index in [1.165, 1.54) is 4.88 Å². The van der Waals surface area contributed by atoms with E-state index in [4.69, 9.17) is 5.73 Å². The molecule has 1 aromatic rings. The smallest absolute Gasteiger partial charge is 0.0414 e. The van der Waals surface area contributed by atoms with Gasteiger partial charge in [-0.1, -0.05) is 13.0 Å². The SMILES string of the molecule is CCC(NC(C)C(C)N)c1cccs1. The summed E-state index contributed by atoms with van der Waals surface area (Å²) in [6.45, 7) is 6.38. The maximum atomic E-state index is 5.83. The fourth-order valence-electron chi connectivity index (χ4n) is 1.36. The summed E-state index contributed by atoms with van der Waals surface area (Å²) < 4.78 is 0. The van der Waals surface area contributed by atoms with Gasteiger partial charge in [-0.2, -0.15) is 0 Å². The quantitative estimate of drug-likeness (QED) is 0.787. The van der Waals surface area contributed by atoms with Crippen LogP contribution in [0.1, 0.15) is 38.1 Å². The molecule has 1 aromatic heterocycles. The summed E-state index contributed by atoms with van der Waals surface area (Å²) in [7, 11) is 0. The molecule has 80 valence electrons. The van der Waals surface area contributed by atoms with Crippen LogP contribution in [-0.2, 0) is 0 Å². The van der Waals surface area contributed by atoms with E-state index in [2.05, 4.69) is 36.7 Å². The summed E-state index contributed by atoms with van der Waals surface area (Å²) in [5.74, 6) is 0. The third kappa shape index (κ3) is 3.08. The minimum Gasteiger partial charge on any atom is -0.327 e. The Kier molecular flexibility index (Phi) is 4.58. The summed E-state index contributed by atoms with van der Waals surface area (Å²) in [5.41, 5.74) is 5.83. The summed E-state index contributed by atoms with van der Waals surface area (Å²) >= 11 is 1.81. The van der Waals surface area contributed by atoms with Gasteiger partial charge in [0.25, 0.3) is 0 Å². The van der Waals surface area contributed by atoms with E-state index in [0.29, 0.717) is 12.1 Å². The third-order valence-electron chi connectivity index (χ3n) is 2.55. The van der Waals surface area contributed by atoms with Crippen molar-refractivity contribution in [3.63, 3.8) is 0 Å². The number of hydrogen-bond acceptors (Lipinski definition) is 3. The monoisotopic (exact) mass is 212 g/mol. The number of thiophene rings is 1. The minimum absolute atomic E-state index is 0.198. The first-order valence-electron chi connectivity index (χ1n) is 5.20. The molecular weight excluding hydrogens is 192 g/mol. The van der Waals surface area contributed by atoms with Gasteiger partial charge in [-0.25, -0.2) is 0 Å². The normalized spacial score (nSPS) is 17.7. The molecule has 1 rings (SSSR count). The molecule has 0 amide bonds.